The lowest BCUT2D eigenvalue weighted by molar-refractivity contribution is -0.117. The molecule has 0 spiro atoms. The molecule has 0 aliphatic carbocycles. The Morgan fingerprint density at radius 1 is 1.29 bits per heavy atom. The Morgan fingerprint density at radius 2 is 1.95 bits per heavy atom. The highest BCUT2D eigenvalue weighted by molar-refractivity contribution is 5.93. The minimum absolute atomic E-state index is 0. The lowest BCUT2D eigenvalue weighted by Gasteiger charge is -2.26. The number of para-hydroxylation sites is 1. The van der Waals surface area contributed by atoms with Crippen molar-refractivity contribution in [1.82, 2.24) is 10.2 Å². The standard InChI is InChI=1S/C15H23N3O.2ClH/c1-3-13-6-4-5-12(2)15(13)17-14(19)11-18-9-7-16-8-10-18;;/h4-6,16H,3,7-11H2,1-2H3,(H,17,19);2*1H. The van der Waals surface area contributed by atoms with Gasteiger partial charge in [-0.15, -0.1) is 24.8 Å². The van der Waals surface area contributed by atoms with Crippen LogP contribution in [0.5, 0.6) is 0 Å². The van der Waals surface area contributed by atoms with Gasteiger partial charge in [0.25, 0.3) is 0 Å². The second-order valence-electron chi connectivity index (χ2n) is 5.04. The molecule has 0 radical (unpaired) electrons. The normalized spacial score (nSPS) is 14.8. The molecule has 1 fully saturated rings. The zero-order chi connectivity index (χ0) is 13.7. The molecule has 1 aromatic carbocycles. The molecule has 1 heterocycles. The van der Waals surface area contributed by atoms with Crippen molar-refractivity contribution in [3.8, 4) is 0 Å². The van der Waals surface area contributed by atoms with E-state index in [1.165, 1.54) is 5.56 Å². The third kappa shape index (κ3) is 5.83. The lowest BCUT2D eigenvalue weighted by atomic mass is 10.1. The second kappa shape index (κ2) is 10.0. The summed E-state index contributed by atoms with van der Waals surface area (Å²) >= 11 is 0. The van der Waals surface area contributed by atoms with Crippen LogP contribution in [0.15, 0.2) is 18.2 Å². The van der Waals surface area contributed by atoms with Crippen molar-refractivity contribution in [2.75, 3.05) is 38.0 Å². The molecule has 1 aliphatic heterocycles. The summed E-state index contributed by atoms with van der Waals surface area (Å²) in [6.45, 7) is 8.47. The highest BCUT2D eigenvalue weighted by atomic mass is 35.5. The number of anilines is 1. The number of carbonyl (C=O) groups is 1. The average Bonchev–Trinajstić information content (AvgIpc) is 2.42. The molecule has 0 saturated carbocycles. The van der Waals surface area contributed by atoms with Crippen LogP contribution in [0.1, 0.15) is 18.1 Å². The van der Waals surface area contributed by atoms with E-state index in [1.54, 1.807) is 0 Å². The largest absolute Gasteiger partial charge is 0.324 e. The second-order valence-corrected chi connectivity index (χ2v) is 5.04. The summed E-state index contributed by atoms with van der Waals surface area (Å²) in [6.07, 6.45) is 0.935. The molecule has 2 rings (SSSR count). The fraction of sp³-hybridized carbons (Fsp3) is 0.533. The number of piperazine rings is 1. The maximum Gasteiger partial charge on any atom is 0.238 e. The van der Waals surface area contributed by atoms with Gasteiger partial charge in [-0.25, -0.2) is 0 Å². The van der Waals surface area contributed by atoms with Crippen LogP contribution < -0.4 is 10.6 Å². The van der Waals surface area contributed by atoms with Crippen molar-refractivity contribution < 1.29 is 4.79 Å². The van der Waals surface area contributed by atoms with Gasteiger partial charge in [0.15, 0.2) is 0 Å². The first-order valence-electron chi connectivity index (χ1n) is 7.02. The molecule has 120 valence electrons. The number of amides is 1. The van der Waals surface area contributed by atoms with Crippen LogP contribution in [-0.2, 0) is 11.2 Å². The van der Waals surface area contributed by atoms with Gasteiger partial charge < -0.3 is 10.6 Å². The van der Waals surface area contributed by atoms with Gasteiger partial charge in [0.05, 0.1) is 6.54 Å². The topological polar surface area (TPSA) is 44.4 Å². The first kappa shape index (κ1) is 20.2. The highest BCUT2D eigenvalue weighted by Gasteiger charge is 2.15. The predicted octanol–water partition coefficient (Wildman–Crippen LogP) is 2.24. The Hall–Kier alpha value is -0.810. The minimum atomic E-state index is 0. The van der Waals surface area contributed by atoms with E-state index >= 15 is 0 Å². The molecular weight excluding hydrogens is 309 g/mol. The van der Waals surface area contributed by atoms with Gasteiger partial charge in [0, 0.05) is 31.9 Å². The van der Waals surface area contributed by atoms with Crippen LogP contribution in [0.3, 0.4) is 0 Å². The number of halogens is 2. The Morgan fingerprint density at radius 3 is 2.57 bits per heavy atom. The van der Waals surface area contributed by atoms with Gasteiger partial charge >= 0.3 is 0 Å². The van der Waals surface area contributed by atoms with Crippen molar-refractivity contribution in [1.29, 1.82) is 0 Å². The van der Waals surface area contributed by atoms with Gasteiger partial charge in [-0.3, -0.25) is 9.69 Å². The zero-order valence-electron chi connectivity index (χ0n) is 12.6. The van der Waals surface area contributed by atoms with Crippen molar-refractivity contribution in [2.45, 2.75) is 20.3 Å². The summed E-state index contributed by atoms with van der Waals surface area (Å²) in [7, 11) is 0. The molecule has 1 aromatic rings. The van der Waals surface area contributed by atoms with E-state index in [9.17, 15) is 4.79 Å². The van der Waals surface area contributed by atoms with Crippen LogP contribution in [0.25, 0.3) is 0 Å². The molecule has 0 unspecified atom stereocenters. The number of benzene rings is 1. The van der Waals surface area contributed by atoms with E-state index in [0.29, 0.717) is 6.54 Å². The fourth-order valence-corrected chi connectivity index (χ4v) is 2.45. The summed E-state index contributed by atoms with van der Waals surface area (Å²) in [5.74, 6) is 0.0888. The van der Waals surface area contributed by atoms with Crippen LogP contribution >= 0.6 is 24.8 Å². The Bertz CT molecular complexity index is 449. The summed E-state index contributed by atoms with van der Waals surface area (Å²) in [6, 6.07) is 6.16. The number of aryl methyl sites for hydroxylation is 2. The van der Waals surface area contributed by atoms with Crippen molar-refractivity contribution >= 4 is 36.4 Å². The molecule has 6 heteroatoms. The van der Waals surface area contributed by atoms with E-state index in [2.05, 4.69) is 28.5 Å². The number of nitrogens with one attached hydrogen (secondary N) is 2. The lowest BCUT2D eigenvalue weighted by Crippen LogP contribution is -2.46. The third-order valence-electron chi connectivity index (χ3n) is 3.58. The van der Waals surface area contributed by atoms with Crippen LogP contribution in [0.2, 0.25) is 0 Å². The number of carbonyl (C=O) groups excluding carboxylic acids is 1. The number of hydrogen-bond acceptors (Lipinski definition) is 3. The van der Waals surface area contributed by atoms with Crippen molar-refractivity contribution in [3.05, 3.63) is 29.3 Å². The number of hydrogen-bond donors (Lipinski definition) is 2. The third-order valence-corrected chi connectivity index (χ3v) is 3.58. The highest BCUT2D eigenvalue weighted by Crippen LogP contribution is 2.20. The first-order valence-corrected chi connectivity index (χ1v) is 7.02. The van der Waals surface area contributed by atoms with E-state index in [0.717, 1.165) is 43.9 Å². The fourth-order valence-electron chi connectivity index (χ4n) is 2.45. The molecular formula is C15H25Cl2N3O. The van der Waals surface area contributed by atoms with Gasteiger partial charge in [-0.1, -0.05) is 25.1 Å². The summed E-state index contributed by atoms with van der Waals surface area (Å²) in [5, 5.41) is 6.37. The monoisotopic (exact) mass is 333 g/mol. The Balaban J connectivity index is 0.00000200. The van der Waals surface area contributed by atoms with Gasteiger partial charge in [-0.2, -0.15) is 0 Å². The van der Waals surface area contributed by atoms with E-state index in [1.807, 2.05) is 19.1 Å². The molecule has 4 nitrogen and oxygen atoms in total. The van der Waals surface area contributed by atoms with Crippen molar-refractivity contribution in [3.63, 3.8) is 0 Å². The smallest absolute Gasteiger partial charge is 0.238 e. The maximum atomic E-state index is 12.1. The Kier molecular flexibility index (Phi) is 9.62. The van der Waals surface area contributed by atoms with Crippen LogP contribution in [0.4, 0.5) is 5.69 Å². The predicted molar refractivity (Wildman–Crippen MR) is 93.0 cm³/mol. The van der Waals surface area contributed by atoms with Gasteiger partial charge in [0.2, 0.25) is 5.91 Å². The molecule has 1 amide bonds. The average molecular weight is 334 g/mol. The van der Waals surface area contributed by atoms with Gasteiger partial charge in [-0.05, 0) is 24.5 Å². The van der Waals surface area contributed by atoms with Crippen LogP contribution in [0, 0.1) is 6.92 Å². The van der Waals surface area contributed by atoms with Gasteiger partial charge in [0.1, 0.15) is 0 Å². The molecule has 21 heavy (non-hydrogen) atoms. The molecule has 1 aliphatic rings. The number of rotatable bonds is 4. The van der Waals surface area contributed by atoms with E-state index in [-0.39, 0.29) is 30.7 Å². The molecule has 0 atom stereocenters. The summed E-state index contributed by atoms with van der Waals surface area (Å²) in [4.78, 5) is 14.3. The SMILES string of the molecule is CCc1cccc(C)c1NC(=O)CN1CCNCC1.Cl.Cl. The van der Waals surface area contributed by atoms with Crippen LogP contribution in [-0.4, -0.2) is 43.5 Å². The molecule has 2 N–H and O–H groups in total. The molecule has 0 aromatic heterocycles. The zero-order valence-corrected chi connectivity index (χ0v) is 14.3. The summed E-state index contributed by atoms with van der Waals surface area (Å²) in [5.41, 5.74) is 3.33. The summed E-state index contributed by atoms with van der Waals surface area (Å²) < 4.78 is 0. The van der Waals surface area contributed by atoms with E-state index < -0.39 is 0 Å². The molecule has 1 saturated heterocycles. The first-order chi connectivity index (χ1) is 9.20. The minimum Gasteiger partial charge on any atom is -0.324 e. The van der Waals surface area contributed by atoms with E-state index in [4.69, 9.17) is 0 Å². The Labute approximate surface area is 139 Å². The quantitative estimate of drug-likeness (QED) is 0.888. The molecule has 0 bridgehead atoms. The van der Waals surface area contributed by atoms with Crippen molar-refractivity contribution in [2.24, 2.45) is 0 Å². The number of nitrogens with zero attached hydrogens (tertiary/aromatic N) is 1. The maximum absolute atomic E-state index is 12.1.